The summed E-state index contributed by atoms with van der Waals surface area (Å²) in [6, 6.07) is 13.4. The molecule has 4 rings (SSSR count). The van der Waals surface area contributed by atoms with Crippen LogP contribution in [0.1, 0.15) is 16.0 Å². The van der Waals surface area contributed by atoms with E-state index in [0.29, 0.717) is 29.4 Å². The molecule has 2 N–H and O–H groups in total. The predicted molar refractivity (Wildman–Crippen MR) is 118 cm³/mol. The lowest BCUT2D eigenvalue weighted by molar-refractivity contribution is 0.442. The number of halogens is 1. The Morgan fingerprint density at radius 1 is 1.14 bits per heavy atom. The van der Waals surface area contributed by atoms with Gasteiger partial charge in [-0.05, 0) is 60.8 Å². The molecule has 0 saturated carbocycles. The number of hydrogen-bond acceptors (Lipinski definition) is 7. The lowest BCUT2D eigenvalue weighted by Crippen LogP contribution is -2.02. The van der Waals surface area contributed by atoms with Gasteiger partial charge in [-0.15, -0.1) is 11.3 Å². The molecule has 5 nitrogen and oxygen atoms in total. The number of hydrogen-bond donors (Lipinski definition) is 2. The highest BCUT2D eigenvalue weighted by Gasteiger charge is 2.14. The first-order chi connectivity index (χ1) is 14.2. The SMILES string of the molecule is CNSNc1cccc(Cc2sc3cc(Oc4ncccn4)ccc3c2C)c1F. The molecule has 2 heterocycles. The number of fused-ring (bicyclic) bond motifs is 1. The number of aromatic nitrogens is 2. The van der Waals surface area contributed by atoms with Crippen molar-refractivity contribution in [3.63, 3.8) is 0 Å². The molecule has 29 heavy (non-hydrogen) atoms. The van der Waals surface area contributed by atoms with E-state index in [0.717, 1.165) is 20.5 Å². The average molecular weight is 427 g/mol. The van der Waals surface area contributed by atoms with Crippen molar-refractivity contribution in [2.75, 3.05) is 11.8 Å². The summed E-state index contributed by atoms with van der Waals surface area (Å²) in [5, 5.41) is 1.15. The predicted octanol–water partition coefficient (Wildman–Crippen LogP) is 5.72. The summed E-state index contributed by atoms with van der Waals surface area (Å²) in [5.74, 6) is 0.454. The van der Waals surface area contributed by atoms with E-state index in [1.165, 1.54) is 12.1 Å². The van der Waals surface area contributed by atoms with Gasteiger partial charge < -0.3 is 9.46 Å². The molecule has 2 aromatic carbocycles. The Hall–Kier alpha value is -2.68. The highest BCUT2D eigenvalue weighted by molar-refractivity contribution is 7.98. The van der Waals surface area contributed by atoms with Gasteiger partial charge in [-0.2, -0.15) is 0 Å². The molecule has 0 saturated heterocycles. The number of nitrogens with zero attached hydrogens (tertiary/aromatic N) is 2. The van der Waals surface area contributed by atoms with E-state index >= 15 is 0 Å². The Kier molecular flexibility index (Phi) is 5.94. The monoisotopic (exact) mass is 426 g/mol. The van der Waals surface area contributed by atoms with E-state index in [9.17, 15) is 4.39 Å². The van der Waals surface area contributed by atoms with Crippen LogP contribution >= 0.6 is 23.5 Å². The zero-order valence-electron chi connectivity index (χ0n) is 15.9. The molecule has 2 aromatic heterocycles. The minimum atomic E-state index is -0.225. The van der Waals surface area contributed by atoms with Gasteiger partial charge in [0.2, 0.25) is 0 Å². The van der Waals surface area contributed by atoms with Crippen molar-refractivity contribution in [1.29, 1.82) is 0 Å². The van der Waals surface area contributed by atoms with Crippen LogP contribution in [0.25, 0.3) is 10.1 Å². The zero-order valence-corrected chi connectivity index (χ0v) is 17.5. The fraction of sp³-hybridized carbons (Fsp3) is 0.143. The molecule has 0 aliphatic rings. The molecule has 4 aromatic rings. The number of nitrogens with one attached hydrogen (secondary N) is 2. The van der Waals surface area contributed by atoms with Gasteiger partial charge in [-0.3, -0.25) is 0 Å². The van der Waals surface area contributed by atoms with Gasteiger partial charge in [0.15, 0.2) is 5.82 Å². The van der Waals surface area contributed by atoms with Gasteiger partial charge in [0.1, 0.15) is 5.75 Å². The Morgan fingerprint density at radius 3 is 2.76 bits per heavy atom. The van der Waals surface area contributed by atoms with Crippen molar-refractivity contribution >= 4 is 39.2 Å². The maximum absolute atomic E-state index is 14.8. The van der Waals surface area contributed by atoms with Crippen LogP contribution < -0.4 is 14.2 Å². The van der Waals surface area contributed by atoms with E-state index < -0.39 is 0 Å². The quantitative estimate of drug-likeness (QED) is 0.369. The lowest BCUT2D eigenvalue weighted by atomic mass is 10.1. The molecular formula is C21H19FN4OS2. The number of aryl methyl sites for hydroxylation is 1. The summed E-state index contributed by atoms with van der Waals surface area (Å²) in [6.45, 7) is 2.08. The van der Waals surface area contributed by atoms with Crippen molar-refractivity contribution in [3.05, 3.63) is 76.7 Å². The highest BCUT2D eigenvalue weighted by atomic mass is 32.2. The van der Waals surface area contributed by atoms with Crippen LogP contribution in [0.5, 0.6) is 11.8 Å². The van der Waals surface area contributed by atoms with Gasteiger partial charge >= 0.3 is 6.01 Å². The van der Waals surface area contributed by atoms with Gasteiger partial charge in [0.05, 0.1) is 5.69 Å². The molecule has 0 bridgehead atoms. The fourth-order valence-electron chi connectivity index (χ4n) is 3.01. The summed E-state index contributed by atoms with van der Waals surface area (Å²) in [4.78, 5) is 9.31. The third kappa shape index (κ3) is 4.34. The van der Waals surface area contributed by atoms with Crippen LogP contribution in [0.2, 0.25) is 0 Å². The van der Waals surface area contributed by atoms with Crippen molar-refractivity contribution < 1.29 is 9.13 Å². The van der Waals surface area contributed by atoms with E-state index in [2.05, 4.69) is 26.3 Å². The van der Waals surface area contributed by atoms with Crippen molar-refractivity contribution in [3.8, 4) is 11.8 Å². The smallest absolute Gasteiger partial charge is 0.321 e. The number of ether oxygens (including phenoxy) is 1. The molecule has 0 amide bonds. The van der Waals surface area contributed by atoms with E-state index in [1.54, 1.807) is 42.9 Å². The number of benzene rings is 2. The van der Waals surface area contributed by atoms with Gasteiger partial charge in [-0.25, -0.2) is 19.1 Å². The maximum Gasteiger partial charge on any atom is 0.321 e. The topological polar surface area (TPSA) is 59.1 Å². The molecule has 0 unspecified atom stereocenters. The summed E-state index contributed by atoms with van der Waals surface area (Å²) < 4.78 is 27.5. The second-order valence-electron chi connectivity index (χ2n) is 6.31. The van der Waals surface area contributed by atoms with Crippen molar-refractivity contribution in [1.82, 2.24) is 14.7 Å². The Labute approximate surface area is 176 Å². The minimum absolute atomic E-state index is 0.225. The Balaban J connectivity index is 1.61. The largest absolute Gasteiger partial charge is 0.424 e. The molecule has 148 valence electrons. The van der Waals surface area contributed by atoms with Crippen LogP contribution in [-0.2, 0) is 6.42 Å². The average Bonchev–Trinajstić information content (AvgIpc) is 3.04. The van der Waals surface area contributed by atoms with E-state index in [1.807, 2.05) is 30.3 Å². The van der Waals surface area contributed by atoms with Gasteiger partial charge in [0, 0.05) is 40.5 Å². The molecule has 0 atom stereocenters. The summed E-state index contributed by atoms with van der Waals surface area (Å²) in [6.07, 6.45) is 3.82. The zero-order chi connectivity index (χ0) is 20.2. The summed E-state index contributed by atoms with van der Waals surface area (Å²) in [7, 11) is 1.78. The Bertz CT molecular complexity index is 1130. The lowest BCUT2D eigenvalue weighted by Gasteiger charge is -2.09. The van der Waals surface area contributed by atoms with Crippen LogP contribution in [0, 0.1) is 12.7 Å². The Morgan fingerprint density at radius 2 is 1.97 bits per heavy atom. The third-order valence-corrected chi connectivity index (χ3v) is 6.23. The second-order valence-corrected chi connectivity index (χ2v) is 8.26. The fourth-order valence-corrected chi connectivity index (χ4v) is 4.64. The van der Waals surface area contributed by atoms with E-state index in [-0.39, 0.29) is 5.82 Å². The molecule has 0 radical (unpaired) electrons. The summed E-state index contributed by atoms with van der Waals surface area (Å²) >= 11 is 2.89. The van der Waals surface area contributed by atoms with Gasteiger partial charge in [0.25, 0.3) is 0 Å². The molecule has 0 aliphatic heterocycles. The molecule has 0 spiro atoms. The van der Waals surface area contributed by atoms with Crippen LogP contribution in [0.3, 0.4) is 0 Å². The standard InChI is InChI=1S/C21H19FN4OS2/c1-13-16-8-7-15(27-21-24-9-4-10-25-21)12-19(16)28-18(13)11-14-5-3-6-17(20(14)22)26-29-23-2/h3-10,12,23,26H,11H2,1-2H3. The molecule has 0 fully saturated rings. The minimum Gasteiger partial charge on any atom is -0.424 e. The van der Waals surface area contributed by atoms with E-state index in [4.69, 9.17) is 4.74 Å². The summed E-state index contributed by atoms with van der Waals surface area (Å²) in [5.41, 5.74) is 2.30. The first kappa shape index (κ1) is 19.6. The molecular weight excluding hydrogens is 407 g/mol. The first-order valence-corrected chi connectivity index (χ1v) is 10.6. The van der Waals surface area contributed by atoms with Gasteiger partial charge in [-0.1, -0.05) is 12.1 Å². The highest BCUT2D eigenvalue weighted by Crippen LogP contribution is 2.36. The van der Waals surface area contributed by atoms with Crippen LogP contribution in [-0.4, -0.2) is 17.0 Å². The van der Waals surface area contributed by atoms with Crippen LogP contribution in [0.15, 0.2) is 54.9 Å². The first-order valence-electron chi connectivity index (χ1n) is 8.98. The van der Waals surface area contributed by atoms with Crippen LogP contribution in [0.4, 0.5) is 10.1 Å². The van der Waals surface area contributed by atoms with Crippen molar-refractivity contribution in [2.45, 2.75) is 13.3 Å². The normalized spacial score (nSPS) is 11.0. The number of thiophene rings is 1. The number of rotatable bonds is 7. The van der Waals surface area contributed by atoms with Crippen molar-refractivity contribution in [2.24, 2.45) is 0 Å². The second kappa shape index (κ2) is 8.77. The molecule has 0 aliphatic carbocycles. The number of anilines is 1. The third-order valence-electron chi connectivity index (χ3n) is 4.45. The molecule has 8 heteroatoms. The maximum atomic E-state index is 14.8.